The van der Waals surface area contributed by atoms with Crippen molar-refractivity contribution in [2.75, 3.05) is 6.54 Å². The molecule has 0 saturated heterocycles. The Bertz CT molecular complexity index is 655. The van der Waals surface area contributed by atoms with Gasteiger partial charge in [-0.25, -0.2) is 8.78 Å². The highest BCUT2D eigenvalue weighted by molar-refractivity contribution is 9.10. The van der Waals surface area contributed by atoms with E-state index in [2.05, 4.69) is 21.2 Å². The molecule has 0 aromatic heterocycles. The van der Waals surface area contributed by atoms with Crippen LogP contribution in [-0.4, -0.2) is 6.54 Å². The Morgan fingerprint density at radius 1 is 1.10 bits per heavy atom. The minimum absolute atomic E-state index is 0.317. The van der Waals surface area contributed by atoms with Crippen LogP contribution < -0.4 is 5.32 Å². The van der Waals surface area contributed by atoms with Crippen molar-refractivity contribution < 1.29 is 8.78 Å². The average molecular weight is 354 g/mol. The van der Waals surface area contributed by atoms with Gasteiger partial charge in [-0.15, -0.1) is 0 Å². The summed E-state index contributed by atoms with van der Waals surface area (Å²) in [4.78, 5) is 0. The predicted octanol–water partition coefficient (Wildman–Crippen LogP) is 5.04. The second kappa shape index (κ2) is 6.67. The van der Waals surface area contributed by atoms with E-state index in [-0.39, 0.29) is 17.7 Å². The van der Waals surface area contributed by atoms with Gasteiger partial charge >= 0.3 is 0 Å². The van der Waals surface area contributed by atoms with Crippen LogP contribution in [0.1, 0.15) is 35.2 Å². The average Bonchev–Trinajstić information content (AvgIpc) is 2.44. The normalized spacial score (nSPS) is 12.5. The summed E-state index contributed by atoms with van der Waals surface area (Å²) in [5.41, 5.74) is 2.61. The van der Waals surface area contributed by atoms with Gasteiger partial charge in [0.15, 0.2) is 0 Å². The van der Waals surface area contributed by atoms with Crippen molar-refractivity contribution in [3.8, 4) is 0 Å². The summed E-state index contributed by atoms with van der Waals surface area (Å²) in [5.74, 6) is -0.777. The van der Waals surface area contributed by atoms with E-state index in [0.717, 1.165) is 15.6 Å². The lowest BCUT2D eigenvalue weighted by Crippen LogP contribution is -2.24. The second-order valence-electron chi connectivity index (χ2n) is 5.07. The Labute approximate surface area is 132 Å². The Hall–Kier alpha value is -1.26. The molecular weight excluding hydrogens is 336 g/mol. The summed E-state index contributed by atoms with van der Waals surface area (Å²) < 4.78 is 29.1. The predicted molar refractivity (Wildman–Crippen MR) is 85.5 cm³/mol. The number of halogens is 3. The molecule has 1 atom stereocenters. The van der Waals surface area contributed by atoms with Gasteiger partial charge in [-0.2, -0.15) is 0 Å². The molecule has 0 aliphatic carbocycles. The lowest BCUT2D eigenvalue weighted by atomic mass is 9.93. The highest BCUT2D eigenvalue weighted by Crippen LogP contribution is 2.31. The number of hydrogen-bond acceptors (Lipinski definition) is 1. The topological polar surface area (TPSA) is 12.0 Å². The van der Waals surface area contributed by atoms with E-state index in [1.54, 1.807) is 6.92 Å². The van der Waals surface area contributed by atoms with Crippen molar-refractivity contribution in [3.63, 3.8) is 0 Å². The standard InChI is InChI=1S/C17H18BrF2N/c1-4-21-17(12-6-5-7-14(18)11(12)3)13-9-15(19)10(2)8-16(13)20/h5-9,17,21H,4H2,1-3H3. The number of hydrogen-bond donors (Lipinski definition) is 1. The molecule has 4 heteroatoms. The largest absolute Gasteiger partial charge is 0.306 e. The van der Waals surface area contributed by atoms with Gasteiger partial charge in [0, 0.05) is 10.0 Å². The van der Waals surface area contributed by atoms with Gasteiger partial charge in [0.2, 0.25) is 0 Å². The Balaban J connectivity index is 2.59. The fourth-order valence-electron chi connectivity index (χ4n) is 2.41. The van der Waals surface area contributed by atoms with E-state index in [9.17, 15) is 8.78 Å². The minimum atomic E-state index is -0.390. The van der Waals surface area contributed by atoms with Crippen LogP contribution in [0.2, 0.25) is 0 Å². The molecule has 0 bridgehead atoms. The van der Waals surface area contributed by atoms with Gasteiger partial charge in [-0.05, 0) is 55.3 Å². The molecule has 21 heavy (non-hydrogen) atoms. The van der Waals surface area contributed by atoms with Crippen molar-refractivity contribution in [2.45, 2.75) is 26.8 Å². The van der Waals surface area contributed by atoms with Crippen LogP contribution in [-0.2, 0) is 0 Å². The smallest absolute Gasteiger partial charge is 0.128 e. The van der Waals surface area contributed by atoms with E-state index in [1.807, 2.05) is 32.0 Å². The first-order valence-electron chi connectivity index (χ1n) is 6.89. The third kappa shape index (κ3) is 3.33. The first-order valence-corrected chi connectivity index (χ1v) is 7.69. The lowest BCUT2D eigenvalue weighted by Gasteiger charge is -2.22. The molecule has 0 heterocycles. The number of aryl methyl sites for hydroxylation is 1. The third-order valence-corrected chi connectivity index (χ3v) is 4.48. The molecule has 2 aromatic carbocycles. The molecule has 1 unspecified atom stereocenters. The Morgan fingerprint density at radius 3 is 2.48 bits per heavy atom. The van der Waals surface area contributed by atoms with Crippen LogP contribution in [0, 0.1) is 25.5 Å². The fourth-order valence-corrected chi connectivity index (χ4v) is 2.79. The summed E-state index contributed by atoms with van der Waals surface area (Å²) in [5, 5.41) is 3.24. The maximum atomic E-state index is 14.3. The first kappa shape index (κ1) is 16.1. The van der Waals surface area contributed by atoms with E-state index >= 15 is 0 Å². The summed E-state index contributed by atoms with van der Waals surface area (Å²) in [6.45, 7) is 6.13. The van der Waals surface area contributed by atoms with Crippen molar-refractivity contribution in [3.05, 3.63) is 68.7 Å². The van der Waals surface area contributed by atoms with Crippen LogP contribution in [0.3, 0.4) is 0 Å². The molecular formula is C17H18BrF2N. The Morgan fingerprint density at radius 2 is 1.81 bits per heavy atom. The first-order chi connectivity index (χ1) is 9.95. The zero-order chi connectivity index (χ0) is 15.6. The van der Waals surface area contributed by atoms with Crippen molar-refractivity contribution in [2.24, 2.45) is 0 Å². The number of benzene rings is 2. The van der Waals surface area contributed by atoms with Gasteiger partial charge in [0.05, 0.1) is 6.04 Å². The summed E-state index contributed by atoms with van der Waals surface area (Å²) in [6, 6.07) is 7.95. The lowest BCUT2D eigenvalue weighted by molar-refractivity contribution is 0.540. The van der Waals surface area contributed by atoms with Gasteiger partial charge in [-0.3, -0.25) is 0 Å². The van der Waals surface area contributed by atoms with Crippen LogP contribution >= 0.6 is 15.9 Å². The fraction of sp³-hybridized carbons (Fsp3) is 0.294. The van der Waals surface area contributed by atoms with Gasteiger partial charge in [0.25, 0.3) is 0 Å². The summed E-state index contributed by atoms with van der Waals surface area (Å²) in [7, 11) is 0. The summed E-state index contributed by atoms with van der Waals surface area (Å²) >= 11 is 3.49. The molecule has 112 valence electrons. The molecule has 2 aromatic rings. The van der Waals surface area contributed by atoms with E-state index in [4.69, 9.17) is 0 Å². The van der Waals surface area contributed by atoms with Crippen LogP contribution in [0.15, 0.2) is 34.8 Å². The maximum absolute atomic E-state index is 14.3. The van der Waals surface area contributed by atoms with Crippen molar-refractivity contribution in [1.29, 1.82) is 0 Å². The van der Waals surface area contributed by atoms with Gasteiger partial charge < -0.3 is 5.32 Å². The van der Waals surface area contributed by atoms with Gasteiger partial charge in [-0.1, -0.05) is 35.0 Å². The number of rotatable bonds is 4. The molecule has 0 saturated carbocycles. The van der Waals surface area contributed by atoms with E-state index in [0.29, 0.717) is 17.7 Å². The molecule has 0 radical (unpaired) electrons. The van der Waals surface area contributed by atoms with Gasteiger partial charge in [0.1, 0.15) is 11.6 Å². The SMILES string of the molecule is CCNC(c1cc(F)c(C)cc1F)c1cccc(Br)c1C. The molecule has 0 amide bonds. The third-order valence-electron chi connectivity index (χ3n) is 3.62. The molecule has 0 fully saturated rings. The van der Waals surface area contributed by atoms with Crippen LogP contribution in [0.25, 0.3) is 0 Å². The molecule has 0 spiro atoms. The quantitative estimate of drug-likeness (QED) is 0.811. The van der Waals surface area contributed by atoms with E-state index in [1.165, 1.54) is 12.1 Å². The maximum Gasteiger partial charge on any atom is 0.128 e. The molecule has 0 aliphatic heterocycles. The highest BCUT2D eigenvalue weighted by atomic mass is 79.9. The molecule has 1 nitrogen and oxygen atoms in total. The number of nitrogens with one attached hydrogen (secondary N) is 1. The van der Waals surface area contributed by atoms with Crippen molar-refractivity contribution >= 4 is 15.9 Å². The monoisotopic (exact) mass is 353 g/mol. The zero-order valence-corrected chi connectivity index (χ0v) is 13.9. The minimum Gasteiger partial charge on any atom is -0.306 e. The van der Waals surface area contributed by atoms with Crippen LogP contribution in [0.4, 0.5) is 8.78 Å². The van der Waals surface area contributed by atoms with Crippen molar-refractivity contribution in [1.82, 2.24) is 5.32 Å². The second-order valence-corrected chi connectivity index (χ2v) is 5.92. The molecule has 1 N–H and O–H groups in total. The highest BCUT2D eigenvalue weighted by Gasteiger charge is 2.21. The summed E-state index contributed by atoms with van der Waals surface area (Å²) in [6.07, 6.45) is 0. The van der Waals surface area contributed by atoms with E-state index < -0.39 is 0 Å². The molecule has 0 aliphatic rings. The molecule has 2 rings (SSSR count). The van der Waals surface area contributed by atoms with Crippen LogP contribution in [0.5, 0.6) is 0 Å². The zero-order valence-electron chi connectivity index (χ0n) is 12.3. The Kier molecular flexibility index (Phi) is 5.12.